The second-order valence-electron chi connectivity index (χ2n) is 5.74. The molecule has 1 heterocycles. The molecule has 4 nitrogen and oxygen atoms in total. The van der Waals surface area contributed by atoms with Crippen LogP contribution in [0.1, 0.15) is 35.6 Å². The molecule has 3 rings (SSSR count). The Kier molecular flexibility index (Phi) is 3.80. The largest absolute Gasteiger partial charge is 0.481 e. The number of aromatic nitrogens is 1. The highest BCUT2D eigenvalue weighted by atomic mass is 16.4. The fourth-order valence-corrected chi connectivity index (χ4v) is 2.66. The van der Waals surface area contributed by atoms with Crippen molar-refractivity contribution >= 4 is 5.97 Å². The zero-order chi connectivity index (χ0) is 14.8. The number of hydrogen-bond donors (Lipinski definition) is 2. The SMILES string of the molecule is O=C(O)Cc1ccccc1Cn1ccc(C(O)C2CC2)c1. The van der Waals surface area contributed by atoms with Gasteiger partial charge in [0.25, 0.3) is 0 Å². The van der Waals surface area contributed by atoms with Crippen LogP contribution in [-0.4, -0.2) is 20.7 Å². The van der Waals surface area contributed by atoms with E-state index in [9.17, 15) is 9.90 Å². The summed E-state index contributed by atoms with van der Waals surface area (Å²) >= 11 is 0. The van der Waals surface area contributed by atoms with Gasteiger partial charge in [-0.15, -0.1) is 0 Å². The summed E-state index contributed by atoms with van der Waals surface area (Å²) in [5, 5.41) is 19.1. The van der Waals surface area contributed by atoms with Gasteiger partial charge in [-0.1, -0.05) is 24.3 Å². The van der Waals surface area contributed by atoms with Gasteiger partial charge in [0.15, 0.2) is 0 Å². The Morgan fingerprint density at radius 3 is 2.62 bits per heavy atom. The first kappa shape index (κ1) is 13.9. The van der Waals surface area contributed by atoms with Crippen LogP contribution in [-0.2, 0) is 17.8 Å². The van der Waals surface area contributed by atoms with Gasteiger partial charge in [-0.25, -0.2) is 0 Å². The molecule has 0 amide bonds. The van der Waals surface area contributed by atoms with Crippen molar-refractivity contribution in [3.8, 4) is 0 Å². The Morgan fingerprint density at radius 1 is 1.24 bits per heavy atom. The number of aliphatic hydroxyl groups is 1. The van der Waals surface area contributed by atoms with Crippen molar-refractivity contribution in [2.24, 2.45) is 5.92 Å². The quantitative estimate of drug-likeness (QED) is 0.857. The number of nitrogens with zero attached hydrogens (tertiary/aromatic N) is 1. The van der Waals surface area contributed by atoms with Crippen molar-refractivity contribution in [2.75, 3.05) is 0 Å². The zero-order valence-electron chi connectivity index (χ0n) is 11.8. The molecular weight excluding hydrogens is 266 g/mol. The number of rotatable bonds is 6. The minimum atomic E-state index is -0.820. The van der Waals surface area contributed by atoms with Gasteiger partial charge in [0.05, 0.1) is 12.5 Å². The van der Waals surface area contributed by atoms with Crippen LogP contribution in [0.25, 0.3) is 0 Å². The molecule has 0 aliphatic heterocycles. The van der Waals surface area contributed by atoms with Crippen LogP contribution in [0.15, 0.2) is 42.7 Å². The van der Waals surface area contributed by atoms with E-state index in [1.807, 2.05) is 47.3 Å². The highest BCUT2D eigenvalue weighted by molar-refractivity contribution is 5.70. The van der Waals surface area contributed by atoms with E-state index < -0.39 is 5.97 Å². The first-order chi connectivity index (χ1) is 10.1. The van der Waals surface area contributed by atoms with Gasteiger partial charge < -0.3 is 14.8 Å². The Balaban J connectivity index is 1.75. The molecular formula is C17H19NO3. The van der Waals surface area contributed by atoms with Crippen LogP contribution in [0.5, 0.6) is 0 Å². The van der Waals surface area contributed by atoms with Gasteiger partial charge in [-0.3, -0.25) is 4.79 Å². The molecule has 1 fully saturated rings. The van der Waals surface area contributed by atoms with Crippen LogP contribution in [0, 0.1) is 5.92 Å². The topological polar surface area (TPSA) is 62.5 Å². The molecule has 1 saturated carbocycles. The fourth-order valence-electron chi connectivity index (χ4n) is 2.66. The molecule has 0 saturated heterocycles. The van der Waals surface area contributed by atoms with Crippen molar-refractivity contribution in [2.45, 2.75) is 31.9 Å². The number of carboxylic acid groups (broad SMARTS) is 1. The molecule has 1 aliphatic carbocycles. The van der Waals surface area contributed by atoms with E-state index in [1.165, 1.54) is 0 Å². The summed E-state index contributed by atoms with van der Waals surface area (Å²) in [6.45, 7) is 0.626. The molecule has 110 valence electrons. The molecule has 2 N–H and O–H groups in total. The second-order valence-corrected chi connectivity index (χ2v) is 5.74. The number of hydrogen-bond acceptors (Lipinski definition) is 2. The maximum atomic E-state index is 10.9. The molecule has 1 aliphatic rings. The standard InChI is InChI=1S/C17H19NO3/c19-16(20)9-13-3-1-2-4-14(13)10-18-8-7-15(11-18)17(21)12-5-6-12/h1-4,7-8,11-12,17,21H,5-6,9-10H2,(H,19,20). The van der Waals surface area contributed by atoms with E-state index in [2.05, 4.69) is 0 Å². The van der Waals surface area contributed by atoms with Gasteiger partial charge in [0.1, 0.15) is 0 Å². The van der Waals surface area contributed by atoms with Crippen molar-refractivity contribution < 1.29 is 15.0 Å². The molecule has 0 radical (unpaired) electrons. The summed E-state index contributed by atoms with van der Waals surface area (Å²) in [7, 11) is 0. The monoisotopic (exact) mass is 285 g/mol. The molecule has 0 spiro atoms. The van der Waals surface area contributed by atoms with Gasteiger partial charge in [0, 0.05) is 18.9 Å². The van der Waals surface area contributed by atoms with Gasteiger partial charge >= 0.3 is 5.97 Å². The molecule has 2 aromatic rings. The smallest absolute Gasteiger partial charge is 0.307 e. The Hall–Kier alpha value is -2.07. The van der Waals surface area contributed by atoms with E-state index in [0.717, 1.165) is 29.5 Å². The Morgan fingerprint density at radius 2 is 1.95 bits per heavy atom. The van der Waals surface area contributed by atoms with Crippen molar-refractivity contribution in [3.63, 3.8) is 0 Å². The Labute approximate surface area is 123 Å². The highest BCUT2D eigenvalue weighted by Crippen LogP contribution is 2.40. The third-order valence-electron chi connectivity index (χ3n) is 4.00. The van der Waals surface area contributed by atoms with Crippen LogP contribution < -0.4 is 0 Å². The summed E-state index contributed by atoms with van der Waals surface area (Å²) in [5.41, 5.74) is 2.79. The van der Waals surface area contributed by atoms with Crippen molar-refractivity contribution in [1.82, 2.24) is 4.57 Å². The predicted octanol–water partition coefficient (Wildman–Crippen LogP) is 2.61. The lowest BCUT2D eigenvalue weighted by Gasteiger charge is -2.09. The third-order valence-corrected chi connectivity index (χ3v) is 4.00. The van der Waals surface area contributed by atoms with Crippen LogP contribution >= 0.6 is 0 Å². The average molecular weight is 285 g/mol. The van der Waals surface area contributed by atoms with E-state index in [4.69, 9.17) is 5.11 Å². The average Bonchev–Trinajstić information content (AvgIpc) is 3.20. The molecule has 4 heteroatoms. The molecule has 1 atom stereocenters. The first-order valence-electron chi connectivity index (χ1n) is 7.26. The van der Waals surface area contributed by atoms with Crippen LogP contribution in [0.4, 0.5) is 0 Å². The summed E-state index contributed by atoms with van der Waals surface area (Å²) in [6, 6.07) is 9.54. The minimum absolute atomic E-state index is 0.0367. The molecule has 1 aromatic carbocycles. The van der Waals surface area contributed by atoms with E-state index in [1.54, 1.807) is 0 Å². The van der Waals surface area contributed by atoms with E-state index in [-0.39, 0.29) is 12.5 Å². The summed E-state index contributed by atoms with van der Waals surface area (Å²) in [4.78, 5) is 10.9. The van der Waals surface area contributed by atoms with Crippen molar-refractivity contribution in [1.29, 1.82) is 0 Å². The van der Waals surface area contributed by atoms with E-state index >= 15 is 0 Å². The molecule has 21 heavy (non-hydrogen) atoms. The number of aliphatic carboxylic acids is 1. The fraction of sp³-hybridized carbons (Fsp3) is 0.353. The summed E-state index contributed by atoms with van der Waals surface area (Å²) in [6.07, 6.45) is 5.79. The Bertz CT molecular complexity index is 643. The third kappa shape index (κ3) is 3.34. The normalized spacial score (nSPS) is 15.9. The van der Waals surface area contributed by atoms with Gasteiger partial charge in [0.2, 0.25) is 0 Å². The lowest BCUT2D eigenvalue weighted by molar-refractivity contribution is -0.136. The van der Waals surface area contributed by atoms with Crippen LogP contribution in [0.3, 0.4) is 0 Å². The first-order valence-corrected chi connectivity index (χ1v) is 7.26. The molecule has 1 aromatic heterocycles. The predicted molar refractivity (Wildman–Crippen MR) is 79.0 cm³/mol. The minimum Gasteiger partial charge on any atom is -0.481 e. The van der Waals surface area contributed by atoms with Gasteiger partial charge in [-0.2, -0.15) is 0 Å². The summed E-state index contributed by atoms with van der Waals surface area (Å²) in [5.74, 6) is -0.403. The maximum absolute atomic E-state index is 10.9. The highest BCUT2D eigenvalue weighted by Gasteiger charge is 2.31. The zero-order valence-corrected chi connectivity index (χ0v) is 11.8. The summed E-state index contributed by atoms with van der Waals surface area (Å²) < 4.78 is 2.00. The number of benzene rings is 1. The number of aliphatic hydroxyl groups excluding tert-OH is 1. The molecule has 1 unspecified atom stereocenters. The van der Waals surface area contributed by atoms with Crippen molar-refractivity contribution in [3.05, 3.63) is 59.4 Å². The van der Waals surface area contributed by atoms with Crippen LogP contribution in [0.2, 0.25) is 0 Å². The number of carbonyl (C=O) groups is 1. The lowest BCUT2D eigenvalue weighted by Crippen LogP contribution is -2.06. The lowest BCUT2D eigenvalue weighted by atomic mass is 10.0. The van der Waals surface area contributed by atoms with Gasteiger partial charge in [-0.05, 0) is 41.5 Å². The number of carboxylic acids is 1. The second kappa shape index (κ2) is 5.74. The molecule has 0 bridgehead atoms. The van der Waals surface area contributed by atoms with E-state index in [0.29, 0.717) is 12.5 Å². The maximum Gasteiger partial charge on any atom is 0.307 e.